The van der Waals surface area contributed by atoms with Gasteiger partial charge >= 0.3 is 0 Å². The third kappa shape index (κ3) is 2.53. The molecule has 74 valence electrons. The Bertz CT molecular complexity index is 368. The van der Waals surface area contributed by atoms with Crippen LogP contribution in [0.1, 0.15) is 0 Å². The monoisotopic (exact) mass is 257 g/mol. The Balaban J connectivity index is 2.89. The molecular formula is C8H8BrN3O2. The molecule has 0 atom stereocenters. The Morgan fingerprint density at radius 2 is 2.50 bits per heavy atom. The minimum Gasteiger partial charge on any atom is -0.366 e. The lowest BCUT2D eigenvalue weighted by Gasteiger charge is -2.03. The summed E-state index contributed by atoms with van der Waals surface area (Å²) >= 11 is 3.18. The van der Waals surface area contributed by atoms with Crippen LogP contribution in [0.4, 0.5) is 11.5 Å². The lowest BCUT2D eigenvalue weighted by atomic mass is 10.4. The SMILES string of the molecule is C=CCNc1ncc([N+](=O)[O-])cc1Br. The van der Waals surface area contributed by atoms with Gasteiger partial charge in [0.05, 0.1) is 9.40 Å². The maximum Gasteiger partial charge on any atom is 0.288 e. The zero-order valence-electron chi connectivity index (χ0n) is 7.24. The molecule has 0 radical (unpaired) electrons. The van der Waals surface area contributed by atoms with Gasteiger partial charge in [0.1, 0.15) is 12.0 Å². The van der Waals surface area contributed by atoms with Crippen LogP contribution in [-0.2, 0) is 0 Å². The number of nitrogens with zero attached hydrogens (tertiary/aromatic N) is 2. The van der Waals surface area contributed by atoms with Gasteiger partial charge in [-0.25, -0.2) is 4.98 Å². The lowest BCUT2D eigenvalue weighted by molar-refractivity contribution is -0.385. The van der Waals surface area contributed by atoms with Crippen LogP contribution in [0.2, 0.25) is 0 Å². The molecule has 0 fully saturated rings. The molecule has 0 unspecified atom stereocenters. The fraction of sp³-hybridized carbons (Fsp3) is 0.125. The molecule has 0 bridgehead atoms. The molecule has 0 amide bonds. The Hall–Kier alpha value is -1.43. The van der Waals surface area contributed by atoms with E-state index in [1.54, 1.807) is 6.08 Å². The average molecular weight is 258 g/mol. The molecule has 1 rings (SSSR count). The summed E-state index contributed by atoms with van der Waals surface area (Å²) in [5.41, 5.74) is -0.0407. The third-order valence-electron chi connectivity index (χ3n) is 1.45. The predicted molar refractivity (Wildman–Crippen MR) is 57.3 cm³/mol. The van der Waals surface area contributed by atoms with Crippen molar-refractivity contribution in [3.8, 4) is 0 Å². The largest absolute Gasteiger partial charge is 0.366 e. The number of nitrogens with one attached hydrogen (secondary N) is 1. The molecule has 0 aliphatic heterocycles. The van der Waals surface area contributed by atoms with E-state index in [4.69, 9.17) is 0 Å². The van der Waals surface area contributed by atoms with Crippen LogP contribution in [-0.4, -0.2) is 16.5 Å². The van der Waals surface area contributed by atoms with Gasteiger partial charge in [-0.1, -0.05) is 6.08 Å². The van der Waals surface area contributed by atoms with Crippen molar-refractivity contribution in [2.75, 3.05) is 11.9 Å². The first kappa shape index (κ1) is 10.6. The summed E-state index contributed by atoms with van der Waals surface area (Å²) in [5.74, 6) is 0.565. The van der Waals surface area contributed by atoms with Crippen molar-refractivity contribution in [1.82, 2.24) is 4.98 Å². The van der Waals surface area contributed by atoms with Crippen molar-refractivity contribution in [3.63, 3.8) is 0 Å². The van der Waals surface area contributed by atoms with E-state index < -0.39 is 4.92 Å². The van der Waals surface area contributed by atoms with Crippen molar-refractivity contribution >= 4 is 27.4 Å². The zero-order valence-corrected chi connectivity index (χ0v) is 8.82. The number of halogens is 1. The molecule has 1 aromatic rings. The van der Waals surface area contributed by atoms with Crippen molar-refractivity contribution in [3.05, 3.63) is 39.5 Å². The predicted octanol–water partition coefficient (Wildman–Crippen LogP) is 2.35. The molecule has 1 heterocycles. The van der Waals surface area contributed by atoms with Crippen LogP contribution in [0.15, 0.2) is 29.4 Å². The van der Waals surface area contributed by atoms with E-state index in [-0.39, 0.29) is 5.69 Å². The van der Waals surface area contributed by atoms with Gasteiger partial charge in [-0.2, -0.15) is 0 Å². The van der Waals surface area contributed by atoms with Crippen LogP contribution >= 0.6 is 15.9 Å². The first-order valence-corrected chi connectivity index (χ1v) is 4.59. The minimum atomic E-state index is -0.491. The molecule has 14 heavy (non-hydrogen) atoms. The molecule has 0 saturated carbocycles. The van der Waals surface area contributed by atoms with Gasteiger partial charge in [-0.05, 0) is 15.9 Å². The summed E-state index contributed by atoms with van der Waals surface area (Å²) in [4.78, 5) is 13.8. The fourth-order valence-electron chi connectivity index (χ4n) is 0.827. The second kappa shape index (κ2) is 4.71. The standard InChI is InChI=1S/C8H8BrN3O2/c1-2-3-10-8-7(9)4-6(5-11-8)12(13)14/h2,4-5H,1,3H2,(H,10,11). The Morgan fingerprint density at radius 1 is 1.79 bits per heavy atom. The van der Waals surface area contributed by atoms with Gasteiger partial charge in [0.2, 0.25) is 0 Å². The molecule has 5 nitrogen and oxygen atoms in total. The van der Waals surface area contributed by atoms with Gasteiger partial charge in [0.25, 0.3) is 5.69 Å². The van der Waals surface area contributed by atoms with Crippen LogP contribution in [0, 0.1) is 10.1 Å². The van der Waals surface area contributed by atoms with Crippen LogP contribution in [0.25, 0.3) is 0 Å². The Kier molecular flexibility index (Phi) is 3.58. The molecule has 1 N–H and O–H groups in total. The van der Waals surface area contributed by atoms with Gasteiger partial charge in [0.15, 0.2) is 0 Å². The third-order valence-corrected chi connectivity index (χ3v) is 2.06. The zero-order chi connectivity index (χ0) is 10.6. The number of nitro groups is 1. The summed E-state index contributed by atoms with van der Waals surface area (Å²) in [6, 6.07) is 1.40. The highest BCUT2D eigenvalue weighted by molar-refractivity contribution is 9.10. The molecule has 1 aromatic heterocycles. The summed E-state index contributed by atoms with van der Waals surface area (Å²) in [6.07, 6.45) is 2.88. The molecule has 6 heteroatoms. The quantitative estimate of drug-likeness (QED) is 0.511. The van der Waals surface area contributed by atoms with Crippen LogP contribution in [0.3, 0.4) is 0 Å². The lowest BCUT2D eigenvalue weighted by Crippen LogP contribution is -2.01. The van der Waals surface area contributed by atoms with Crippen molar-refractivity contribution in [2.45, 2.75) is 0 Å². The van der Waals surface area contributed by atoms with E-state index in [0.717, 1.165) is 0 Å². The topological polar surface area (TPSA) is 68.1 Å². The Labute approximate surface area is 89.1 Å². The summed E-state index contributed by atoms with van der Waals surface area (Å²) in [7, 11) is 0. The van der Waals surface area contributed by atoms with E-state index in [2.05, 4.69) is 32.8 Å². The minimum absolute atomic E-state index is 0.0407. The number of hydrogen-bond donors (Lipinski definition) is 1. The first-order valence-electron chi connectivity index (χ1n) is 3.80. The first-order chi connectivity index (χ1) is 6.65. The van der Waals surface area contributed by atoms with E-state index in [1.165, 1.54) is 12.3 Å². The highest BCUT2D eigenvalue weighted by atomic mass is 79.9. The maximum absolute atomic E-state index is 10.4. The number of aromatic nitrogens is 1. The summed E-state index contributed by atoms with van der Waals surface area (Å²) in [6.45, 7) is 4.10. The van der Waals surface area contributed by atoms with Crippen molar-refractivity contribution in [1.29, 1.82) is 0 Å². The number of anilines is 1. The molecule has 0 aliphatic rings. The van der Waals surface area contributed by atoms with Crippen LogP contribution in [0.5, 0.6) is 0 Å². The Morgan fingerprint density at radius 3 is 3.00 bits per heavy atom. The van der Waals surface area contributed by atoms with E-state index in [0.29, 0.717) is 16.8 Å². The second-order valence-electron chi connectivity index (χ2n) is 2.45. The molecule has 0 spiro atoms. The fourth-order valence-corrected chi connectivity index (χ4v) is 1.30. The van der Waals surface area contributed by atoms with Gasteiger partial charge in [0, 0.05) is 12.6 Å². The summed E-state index contributed by atoms with van der Waals surface area (Å²) in [5, 5.41) is 13.3. The van der Waals surface area contributed by atoms with Crippen molar-refractivity contribution < 1.29 is 4.92 Å². The maximum atomic E-state index is 10.4. The van der Waals surface area contributed by atoms with E-state index in [9.17, 15) is 10.1 Å². The highest BCUT2D eigenvalue weighted by Gasteiger charge is 2.09. The normalized spacial score (nSPS) is 9.50. The van der Waals surface area contributed by atoms with Gasteiger partial charge < -0.3 is 5.32 Å². The average Bonchev–Trinajstić information content (AvgIpc) is 2.15. The number of pyridine rings is 1. The number of hydrogen-bond acceptors (Lipinski definition) is 4. The molecule has 0 aliphatic carbocycles. The second-order valence-corrected chi connectivity index (χ2v) is 3.30. The molecule has 0 saturated heterocycles. The molecular weight excluding hydrogens is 250 g/mol. The van der Waals surface area contributed by atoms with E-state index >= 15 is 0 Å². The number of rotatable bonds is 4. The smallest absolute Gasteiger partial charge is 0.288 e. The van der Waals surface area contributed by atoms with E-state index in [1.807, 2.05) is 0 Å². The molecule has 0 aromatic carbocycles. The van der Waals surface area contributed by atoms with Crippen LogP contribution < -0.4 is 5.32 Å². The summed E-state index contributed by atoms with van der Waals surface area (Å²) < 4.78 is 0.563. The highest BCUT2D eigenvalue weighted by Crippen LogP contribution is 2.23. The van der Waals surface area contributed by atoms with Gasteiger partial charge in [-0.3, -0.25) is 10.1 Å². The van der Waals surface area contributed by atoms with Crippen molar-refractivity contribution in [2.24, 2.45) is 0 Å². The van der Waals surface area contributed by atoms with Gasteiger partial charge in [-0.15, -0.1) is 6.58 Å².